The molecular weight excluding hydrogens is 306 g/mol. The summed E-state index contributed by atoms with van der Waals surface area (Å²) < 4.78 is 6.50. The van der Waals surface area contributed by atoms with Crippen LogP contribution in [0.25, 0.3) is 10.9 Å². The number of fused-ring (bicyclic) bond motifs is 1. The van der Waals surface area contributed by atoms with E-state index in [0.717, 1.165) is 11.3 Å². The van der Waals surface area contributed by atoms with Crippen molar-refractivity contribution < 1.29 is 9.53 Å². The van der Waals surface area contributed by atoms with Gasteiger partial charge in [0.25, 0.3) is 5.56 Å². The third kappa shape index (κ3) is 3.27. The van der Waals surface area contributed by atoms with Gasteiger partial charge < -0.3 is 14.6 Å². The van der Waals surface area contributed by atoms with Crippen LogP contribution in [-0.2, 0) is 18.3 Å². The van der Waals surface area contributed by atoms with E-state index in [-0.39, 0.29) is 17.9 Å². The van der Waals surface area contributed by atoms with Gasteiger partial charge in [-0.25, -0.2) is 4.98 Å². The molecule has 0 saturated heterocycles. The third-order valence-corrected chi connectivity index (χ3v) is 3.72. The summed E-state index contributed by atoms with van der Waals surface area (Å²) in [6.07, 6.45) is 1.72. The van der Waals surface area contributed by atoms with E-state index in [1.165, 1.54) is 10.9 Å². The first kappa shape index (κ1) is 15.7. The standard InChI is InChI=1S/C18H17N3O3/c1-21-11-19-16-8-5-13(10-15(16)18(21)23)20-17(22)9-12-3-6-14(24-2)7-4-12/h3-8,10-11H,9H2,1-2H3,(H,20,22). The van der Waals surface area contributed by atoms with Crippen molar-refractivity contribution in [2.45, 2.75) is 6.42 Å². The third-order valence-electron chi connectivity index (χ3n) is 3.72. The molecule has 0 aliphatic rings. The topological polar surface area (TPSA) is 73.2 Å². The van der Waals surface area contributed by atoms with Crippen molar-refractivity contribution >= 4 is 22.5 Å². The molecule has 0 saturated carbocycles. The molecule has 2 aromatic carbocycles. The number of nitrogens with zero attached hydrogens (tertiary/aromatic N) is 2. The molecule has 1 N–H and O–H groups in total. The lowest BCUT2D eigenvalue weighted by atomic mass is 10.1. The number of amides is 1. The highest BCUT2D eigenvalue weighted by Gasteiger charge is 2.07. The zero-order chi connectivity index (χ0) is 17.1. The van der Waals surface area contributed by atoms with Crippen LogP contribution in [0, 0.1) is 0 Å². The Morgan fingerprint density at radius 1 is 1.21 bits per heavy atom. The molecule has 3 aromatic rings. The SMILES string of the molecule is COc1ccc(CC(=O)Nc2ccc3ncn(C)c(=O)c3c2)cc1. The fraction of sp³-hybridized carbons (Fsp3) is 0.167. The number of aromatic nitrogens is 2. The van der Waals surface area contributed by atoms with E-state index in [0.29, 0.717) is 16.6 Å². The Bertz CT molecular complexity index is 946. The van der Waals surface area contributed by atoms with Crippen LogP contribution in [0.5, 0.6) is 5.75 Å². The van der Waals surface area contributed by atoms with Crippen molar-refractivity contribution in [3.63, 3.8) is 0 Å². The second-order valence-corrected chi connectivity index (χ2v) is 5.47. The van der Waals surface area contributed by atoms with Gasteiger partial charge in [-0.05, 0) is 35.9 Å². The van der Waals surface area contributed by atoms with E-state index in [9.17, 15) is 9.59 Å². The molecule has 24 heavy (non-hydrogen) atoms. The number of rotatable bonds is 4. The van der Waals surface area contributed by atoms with Crippen LogP contribution < -0.4 is 15.6 Å². The molecular formula is C18H17N3O3. The first-order chi connectivity index (χ1) is 11.6. The van der Waals surface area contributed by atoms with Crippen molar-refractivity contribution in [1.29, 1.82) is 0 Å². The molecule has 0 bridgehead atoms. The summed E-state index contributed by atoms with van der Waals surface area (Å²) in [6.45, 7) is 0. The number of ether oxygens (including phenoxy) is 1. The normalized spacial score (nSPS) is 10.6. The van der Waals surface area contributed by atoms with Crippen molar-refractivity contribution in [3.8, 4) is 5.75 Å². The Labute approximate surface area is 138 Å². The van der Waals surface area contributed by atoms with Gasteiger partial charge >= 0.3 is 0 Å². The first-order valence-corrected chi connectivity index (χ1v) is 7.45. The molecule has 0 fully saturated rings. The molecule has 122 valence electrons. The molecule has 1 aromatic heterocycles. The monoisotopic (exact) mass is 323 g/mol. The predicted octanol–water partition coefficient (Wildman–Crippen LogP) is 2.12. The average Bonchev–Trinajstić information content (AvgIpc) is 2.59. The minimum Gasteiger partial charge on any atom is -0.497 e. The Kier molecular flexibility index (Phi) is 4.29. The Morgan fingerprint density at radius 3 is 2.67 bits per heavy atom. The van der Waals surface area contributed by atoms with Gasteiger partial charge in [0, 0.05) is 12.7 Å². The van der Waals surface area contributed by atoms with Crippen LogP contribution in [0.15, 0.2) is 53.6 Å². The predicted molar refractivity (Wildman–Crippen MR) is 92.3 cm³/mol. The summed E-state index contributed by atoms with van der Waals surface area (Å²) in [5, 5.41) is 3.29. The molecule has 0 aliphatic heterocycles. The van der Waals surface area contributed by atoms with Crippen molar-refractivity contribution in [1.82, 2.24) is 9.55 Å². The maximum atomic E-state index is 12.2. The number of nitrogens with one attached hydrogen (secondary N) is 1. The molecule has 0 spiro atoms. The summed E-state index contributed by atoms with van der Waals surface area (Å²) in [5.74, 6) is 0.595. The smallest absolute Gasteiger partial charge is 0.260 e. The molecule has 3 rings (SSSR count). The fourth-order valence-electron chi connectivity index (χ4n) is 2.42. The maximum Gasteiger partial charge on any atom is 0.260 e. The van der Waals surface area contributed by atoms with Gasteiger partial charge in [-0.15, -0.1) is 0 Å². The molecule has 0 aliphatic carbocycles. The van der Waals surface area contributed by atoms with E-state index in [1.54, 1.807) is 32.4 Å². The number of carbonyl (C=O) groups is 1. The lowest BCUT2D eigenvalue weighted by molar-refractivity contribution is -0.115. The minimum atomic E-state index is -0.153. The van der Waals surface area contributed by atoms with Crippen LogP contribution in [0.2, 0.25) is 0 Å². The van der Waals surface area contributed by atoms with E-state index >= 15 is 0 Å². The lowest BCUT2D eigenvalue weighted by Crippen LogP contribution is -2.18. The Balaban J connectivity index is 1.77. The van der Waals surface area contributed by atoms with Gasteiger partial charge in [0.15, 0.2) is 0 Å². The second kappa shape index (κ2) is 6.54. The van der Waals surface area contributed by atoms with Gasteiger partial charge in [-0.2, -0.15) is 0 Å². The summed E-state index contributed by atoms with van der Waals surface area (Å²) in [5.41, 5.74) is 1.91. The maximum absolute atomic E-state index is 12.2. The van der Waals surface area contributed by atoms with Crippen LogP contribution in [-0.4, -0.2) is 22.6 Å². The van der Waals surface area contributed by atoms with Gasteiger partial charge in [-0.3, -0.25) is 9.59 Å². The van der Waals surface area contributed by atoms with Gasteiger partial charge in [0.2, 0.25) is 5.91 Å². The van der Waals surface area contributed by atoms with Crippen LogP contribution in [0.3, 0.4) is 0 Å². The number of hydrogen-bond acceptors (Lipinski definition) is 4. The summed E-state index contributed by atoms with van der Waals surface area (Å²) in [7, 11) is 3.24. The highest BCUT2D eigenvalue weighted by atomic mass is 16.5. The van der Waals surface area contributed by atoms with Crippen molar-refractivity contribution in [2.75, 3.05) is 12.4 Å². The largest absolute Gasteiger partial charge is 0.497 e. The number of benzene rings is 2. The van der Waals surface area contributed by atoms with Crippen molar-refractivity contribution in [3.05, 3.63) is 64.7 Å². The lowest BCUT2D eigenvalue weighted by Gasteiger charge is -2.07. The minimum absolute atomic E-state index is 0.147. The van der Waals surface area contributed by atoms with Crippen LogP contribution in [0.1, 0.15) is 5.56 Å². The average molecular weight is 323 g/mol. The molecule has 0 unspecified atom stereocenters. The van der Waals surface area contributed by atoms with E-state index in [2.05, 4.69) is 10.3 Å². The number of aryl methyl sites for hydroxylation is 1. The van der Waals surface area contributed by atoms with Crippen molar-refractivity contribution in [2.24, 2.45) is 7.05 Å². The summed E-state index contributed by atoms with van der Waals surface area (Å²) in [4.78, 5) is 28.5. The van der Waals surface area contributed by atoms with E-state index < -0.39 is 0 Å². The Morgan fingerprint density at radius 2 is 1.96 bits per heavy atom. The second-order valence-electron chi connectivity index (χ2n) is 5.47. The van der Waals surface area contributed by atoms with Gasteiger partial charge in [0.05, 0.1) is 30.8 Å². The number of anilines is 1. The van der Waals surface area contributed by atoms with Gasteiger partial charge in [-0.1, -0.05) is 12.1 Å². The zero-order valence-electron chi connectivity index (χ0n) is 13.4. The highest BCUT2D eigenvalue weighted by molar-refractivity contribution is 5.94. The number of hydrogen-bond donors (Lipinski definition) is 1. The van der Waals surface area contributed by atoms with E-state index in [4.69, 9.17) is 4.74 Å². The van der Waals surface area contributed by atoms with Gasteiger partial charge in [0.1, 0.15) is 5.75 Å². The number of carbonyl (C=O) groups excluding carboxylic acids is 1. The molecule has 0 radical (unpaired) electrons. The molecule has 6 heteroatoms. The molecule has 1 heterocycles. The summed E-state index contributed by atoms with van der Waals surface area (Å²) >= 11 is 0. The quantitative estimate of drug-likeness (QED) is 0.798. The van der Waals surface area contributed by atoms with Crippen LogP contribution in [0.4, 0.5) is 5.69 Å². The highest BCUT2D eigenvalue weighted by Crippen LogP contribution is 2.16. The molecule has 0 atom stereocenters. The number of methoxy groups -OCH3 is 1. The zero-order valence-corrected chi connectivity index (χ0v) is 13.4. The fourth-order valence-corrected chi connectivity index (χ4v) is 2.42. The Hall–Kier alpha value is -3.15. The first-order valence-electron chi connectivity index (χ1n) is 7.45. The summed E-state index contributed by atoms with van der Waals surface area (Å²) in [6, 6.07) is 12.4. The van der Waals surface area contributed by atoms with E-state index in [1.807, 2.05) is 24.3 Å². The van der Waals surface area contributed by atoms with Crippen LogP contribution >= 0.6 is 0 Å². The molecule has 6 nitrogen and oxygen atoms in total. The molecule has 1 amide bonds.